The van der Waals surface area contributed by atoms with E-state index in [9.17, 15) is 0 Å². The van der Waals surface area contributed by atoms with E-state index in [1.807, 2.05) is 0 Å². The van der Waals surface area contributed by atoms with Crippen LogP contribution in [0.25, 0.3) is 0 Å². The summed E-state index contributed by atoms with van der Waals surface area (Å²) >= 11 is 2.78. The first kappa shape index (κ1) is 13.8. The molecule has 0 heterocycles. The molecule has 10 heavy (non-hydrogen) atoms. The van der Waals surface area contributed by atoms with E-state index in [2.05, 4.69) is 23.2 Å². The molecule has 2 radical (unpaired) electrons. The van der Waals surface area contributed by atoms with Crippen LogP contribution < -0.4 is 0 Å². The largest absolute Gasteiger partial charge is 0.118 e. The molecular formula is C8H18AlI. The van der Waals surface area contributed by atoms with E-state index in [0.717, 1.165) is 0 Å². The topological polar surface area (TPSA) is 0 Å². The summed E-state index contributed by atoms with van der Waals surface area (Å²) in [5.41, 5.74) is 0. The highest BCUT2D eigenvalue weighted by atomic mass is 127. The van der Waals surface area contributed by atoms with Crippen LogP contribution in [0.3, 0.4) is 0 Å². The molecule has 0 aromatic carbocycles. The Morgan fingerprint density at radius 2 is 1.40 bits per heavy atom. The zero-order chi connectivity index (χ0) is 6.95. The van der Waals surface area contributed by atoms with Gasteiger partial charge in [0.05, 0.1) is 0 Å². The predicted octanol–water partition coefficient (Wildman–Crippen LogP) is 3.55. The molecule has 0 rings (SSSR count). The third-order valence-corrected chi connectivity index (χ3v) is 1.97. The minimum atomic E-state index is 0. The van der Waals surface area contributed by atoms with Gasteiger partial charge in [-0.05, 0) is 0 Å². The van der Waals surface area contributed by atoms with E-state index in [1.165, 1.54) is 43.8 Å². The van der Waals surface area contributed by atoms with Crippen LogP contribution in [-0.4, -0.2) is 16.3 Å². The first-order chi connectivity index (χ1) is 4.41. The Morgan fingerprint density at radius 1 is 0.900 bits per heavy atom. The standard InChI is InChI=1S/C8H17.Al.HI/c1-3-5-7-8-6-4-2;;/h1,3-8H2,2H3;;1H. The average Bonchev–Trinajstić information content (AvgIpc) is 1.89. The van der Waals surface area contributed by atoms with Crippen molar-refractivity contribution < 1.29 is 0 Å². The van der Waals surface area contributed by atoms with Gasteiger partial charge < -0.3 is 0 Å². The number of halogens is 1. The highest BCUT2D eigenvalue weighted by Gasteiger charge is 1.85. The normalized spacial score (nSPS) is 8.90. The Morgan fingerprint density at radius 3 is 1.90 bits per heavy atom. The minimum absolute atomic E-state index is 0. The second-order valence-electron chi connectivity index (χ2n) is 2.56. The molecule has 0 aromatic heterocycles. The van der Waals surface area contributed by atoms with Crippen LogP contribution in [0.2, 0.25) is 5.28 Å². The molecule has 60 valence electrons. The van der Waals surface area contributed by atoms with Gasteiger partial charge in [0.2, 0.25) is 0 Å². The van der Waals surface area contributed by atoms with E-state index in [-0.39, 0.29) is 24.0 Å². The molecule has 0 aliphatic carbocycles. The second-order valence-corrected chi connectivity index (χ2v) is 3.13. The summed E-state index contributed by atoms with van der Waals surface area (Å²) in [7, 11) is 0. The van der Waals surface area contributed by atoms with Crippen LogP contribution in [0.4, 0.5) is 0 Å². The van der Waals surface area contributed by atoms with Gasteiger partial charge >= 0.3 is 0 Å². The van der Waals surface area contributed by atoms with Crippen molar-refractivity contribution in [2.24, 2.45) is 0 Å². The van der Waals surface area contributed by atoms with Crippen LogP contribution in [0, 0.1) is 0 Å². The fourth-order valence-corrected chi connectivity index (χ4v) is 1.21. The van der Waals surface area contributed by atoms with Crippen molar-refractivity contribution >= 4 is 40.3 Å². The van der Waals surface area contributed by atoms with Gasteiger partial charge in [-0.15, -0.1) is 29.3 Å². The summed E-state index contributed by atoms with van der Waals surface area (Å²) < 4.78 is 0. The van der Waals surface area contributed by atoms with Crippen LogP contribution in [0.1, 0.15) is 45.4 Å². The number of rotatable bonds is 6. The van der Waals surface area contributed by atoms with E-state index in [4.69, 9.17) is 0 Å². The molecule has 0 nitrogen and oxygen atoms in total. The smallest absolute Gasteiger partial charge is 0.118 e. The summed E-state index contributed by atoms with van der Waals surface area (Å²) in [5, 5.41) is 1.28. The number of unbranched alkanes of at least 4 members (excludes halogenated alkanes) is 5. The highest BCUT2D eigenvalue weighted by Crippen LogP contribution is 2.05. The fraction of sp³-hybridized carbons (Fsp3) is 1.00. The van der Waals surface area contributed by atoms with E-state index in [0.29, 0.717) is 0 Å². The maximum atomic E-state index is 2.78. The monoisotopic (exact) mass is 268 g/mol. The maximum Gasteiger partial charge on any atom is 0.118 e. The van der Waals surface area contributed by atoms with Crippen LogP contribution in [0.15, 0.2) is 0 Å². The second kappa shape index (κ2) is 12.9. The minimum Gasteiger partial charge on any atom is -0.118 e. The van der Waals surface area contributed by atoms with Crippen molar-refractivity contribution in [1.82, 2.24) is 0 Å². The van der Waals surface area contributed by atoms with Crippen molar-refractivity contribution in [1.29, 1.82) is 0 Å². The van der Waals surface area contributed by atoms with Gasteiger partial charge in [0.1, 0.15) is 16.3 Å². The molecule has 0 bridgehead atoms. The molecule has 0 unspecified atom stereocenters. The summed E-state index contributed by atoms with van der Waals surface area (Å²) in [6.07, 6.45) is 8.51. The van der Waals surface area contributed by atoms with Crippen molar-refractivity contribution in [2.75, 3.05) is 0 Å². The molecular weight excluding hydrogens is 250 g/mol. The zero-order valence-electron chi connectivity index (χ0n) is 6.94. The third-order valence-electron chi connectivity index (χ3n) is 1.56. The number of hydrogen-bond donors (Lipinski definition) is 0. The Balaban J connectivity index is 0. The summed E-state index contributed by atoms with van der Waals surface area (Å²) in [5.74, 6) is 0. The van der Waals surface area contributed by atoms with E-state index in [1.54, 1.807) is 0 Å². The maximum absolute atomic E-state index is 2.78. The first-order valence-corrected chi connectivity index (χ1v) is 4.93. The molecule has 0 aliphatic heterocycles. The van der Waals surface area contributed by atoms with Crippen molar-refractivity contribution in [2.45, 2.75) is 50.7 Å². The number of hydrogen-bond acceptors (Lipinski definition) is 0. The average molecular weight is 268 g/mol. The molecule has 0 saturated heterocycles. The van der Waals surface area contributed by atoms with Crippen LogP contribution >= 0.6 is 24.0 Å². The first-order valence-electron chi connectivity index (χ1n) is 4.12. The van der Waals surface area contributed by atoms with Crippen LogP contribution in [-0.2, 0) is 0 Å². The van der Waals surface area contributed by atoms with Crippen molar-refractivity contribution in [3.05, 3.63) is 0 Å². The lowest BCUT2D eigenvalue weighted by Gasteiger charge is -1.96. The van der Waals surface area contributed by atoms with Gasteiger partial charge in [-0.3, -0.25) is 0 Å². The van der Waals surface area contributed by atoms with E-state index >= 15 is 0 Å². The van der Waals surface area contributed by atoms with Gasteiger partial charge in [-0.2, -0.15) is 0 Å². The Bertz CT molecular complexity index is 42.5. The van der Waals surface area contributed by atoms with E-state index < -0.39 is 0 Å². The van der Waals surface area contributed by atoms with Gasteiger partial charge in [0.15, 0.2) is 0 Å². The molecule has 0 aliphatic rings. The Hall–Kier alpha value is 1.26. The molecule has 2 heteroatoms. The summed E-state index contributed by atoms with van der Waals surface area (Å²) in [4.78, 5) is 0. The predicted molar refractivity (Wildman–Crippen MR) is 59.4 cm³/mol. The van der Waals surface area contributed by atoms with Gasteiger partial charge in [-0.1, -0.05) is 45.4 Å². The zero-order valence-corrected chi connectivity index (χ0v) is 10.4. The Labute approximate surface area is 90.6 Å². The SMILES string of the molecule is CCCCCCC[CH2][Al].I. The summed E-state index contributed by atoms with van der Waals surface area (Å²) in [6.45, 7) is 2.26. The highest BCUT2D eigenvalue weighted by molar-refractivity contribution is 14.0. The van der Waals surface area contributed by atoms with Crippen molar-refractivity contribution in [3.8, 4) is 0 Å². The molecule has 0 atom stereocenters. The summed E-state index contributed by atoms with van der Waals surface area (Å²) in [6, 6.07) is 0. The van der Waals surface area contributed by atoms with Gasteiger partial charge in [-0.25, -0.2) is 0 Å². The fourth-order valence-electron chi connectivity index (χ4n) is 0.925. The lowest BCUT2D eigenvalue weighted by molar-refractivity contribution is 0.624. The molecule has 0 spiro atoms. The lowest BCUT2D eigenvalue weighted by atomic mass is 10.1. The Kier molecular flexibility index (Phi) is 17.8. The molecule has 0 N–H and O–H groups in total. The van der Waals surface area contributed by atoms with Crippen LogP contribution in [0.5, 0.6) is 0 Å². The molecule has 0 aromatic rings. The lowest BCUT2D eigenvalue weighted by Crippen LogP contribution is -1.77. The van der Waals surface area contributed by atoms with Gasteiger partial charge in [0, 0.05) is 0 Å². The molecule has 0 amide bonds. The van der Waals surface area contributed by atoms with Gasteiger partial charge in [0.25, 0.3) is 0 Å². The third kappa shape index (κ3) is 12.0. The molecule has 0 fully saturated rings. The molecule has 0 saturated carbocycles. The quantitative estimate of drug-likeness (QED) is 0.392. The van der Waals surface area contributed by atoms with Crippen molar-refractivity contribution in [3.63, 3.8) is 0 Å².